The quantitative estimate of drug-likeness (QED) is 0.793. The largest absolute Gasteiger partial charge is 0.387 e. The van der Waals surface area contributed by atoms with E-state index in [0.29, 0.717) is 13.1 Å². The molecule has 0 fully saturated rings. The molecule has 0 aromatic carbocycles. The Hall–Kier alpha value is -0.650. The van der Waals surface area contributed by atoms with Crippen LogP contribution in [0.5, 0.6) is 0 Å². The van der Waals surface area contributed by atoms with E-state index in [1.807, 2.05) is 31.3 Å². The number of aliphatic hydroxyl groups is 1. The Kier molecular flexibility index (Phi) is 4.70. The first kappa shape index (κ1) is 13.4. The average Bonchev–Trinajstić information content (AvgIpc) is 2.60. The van der Waals surface area contributed by atoms with Crippen molar-refractivity contribution in [1.29, 1.82) is 0 Å². The molecular weight excluding hydrogens is 222 g/mol. The third kappa shape index (κ3) is 4.47. The fourth-order valence-electron chi connectivity index (χ4n) is 1.55. The lowest BCUT2D eigenvalue weighted by Gasteiger charge is -2.26. The lowest BCUT2D eigenvalue weighted by Crippen LogP contribution is -2.43. The lowest BCUT2D eigenvalue weighted by atomic mass is 10.1. The Morgan fingerprint density at radius 2 is 2.25 bits per heavy atom. The molecule has 1 rings (SSSR count). The number of nitrogens with zero attached hydrogens (tertiary/aromatic N) is 2. The Labute approximate surface area is 101 Å². The average molecular weight is 243 g/mol. The van der Waals surface area contributed by atoms with E-state index in [1.54, 1.807) is 11.3 Å². The normalized spacial score (nSPS) is 15.1. The highest BCUT2D eigenvalue weighted by atomic mass is 32.1. The third-order valence-electron chi connectivity index (χ3n) is 2.19. The number of nitrogens with one attached hydrogen (secondary N) is 1. The summed E-state index contributed by atoms with van der Waals surface area (Å²) in [5.41, 5.74) is 0.362. The zero-order valence-electron chi connectivity index (χ0n) is 10.4. The van der Waals surface area contributed by atoms with Gasteiger partial charge in [0, 0.05) is 18.5 Å². The van der Waals surface area contributed by atoms with Crippen molar-refractivity contribution >= 4 is 16.5 Å². The highest BCUT2D eigenvalue weighted by Crippen LogP contribution is 2.16. The van der Waals surface area contributed by atoms with E-state index in [-0.39, 0.29) is 0 Å². The number of hydrogen-bond donors (Lipinski definition) is 2. The van der Waals surface area contributed by atoms with Gasteiger partial charge in [-0.05, 0) is 27.4 Å². The Morgan fingerprint density at radius 3 is 2.75 bits per heavy atom. The summed E-state index contributed by atoms with van der Waals surface area (Å²) in [6.45, 7) is 5.06. The van der Waals surface area contributed by atoms with Crippen molar-refractivity contribution in [2.45, 2.75) is 25.9 Å². The van der Waals surface area contributed by atoms with Gasteiger partial charge in [0.25, 0.3) is 0 Å². The van der Waals surface area contributed by atoms with E-state index in [4.69, 9.17) is 0 Å². The van der Waals surface area contributed by atoms with Crippen LogP contribution in [0, 0.1) is 0 Å². The number of aryl methyl sites for hydroxylation is 1. The number of thiazole rings is 1. The molecule has 0 aliphatic rings. The van der Waals surface area contributed by atoms with Gasteiger partial charge in [-0.15, -0.1) is 11.3 Å². The van der Waals surface area contributed by atoms with Crippen molar-refractivity contribution in [2.75, 3.05) is 32.5 Å². The van der Waals surface area contributed by atoms with Gasteiger partial charge >= 0.3 is 0 Å². The molecule has 1 atom stereocenters. The molecule has 1 aromatic heterocycles. The van der Waals surface area contributed by atoms with Crippen molar-refractivity contribution in [3.63, 3.8) is 0 Å². The van der Waals surface area contributed by atoms with Crippen LogP contribution in [0.4, 0.5) is 5.13 Å². The van der Waals surface area contributed by atoms with Crippen LogP contribution in [0.15, 0.2) is 5.38 Å². The number of anilines is 1. The second kappa shape index (κ2) is 5.61. The van der Waals surface area contributed by atoms with Crippen molar-refractivity contribution in [3.05, 3.63) is 11.1 Å². The van der Waals surface area contributed by atoms with E-state index >= 15 is 0 Å². The zero-order chi connectivity index (χ0) is 12.2. The maximum atomic E-state index is 10.1. The molecule has 0 bridgehead atoms. The summed E-state index contributed by atoms with van der Waals surface area (Å²) in [6, 6.07) is 0. The highest BCUT2D eigenvalue weighted by molar-refractivity contribution is 7.13. The van der Waals surface area contributed by atoms with E-state index in [0.717, 1.165) is 17.2 Å². The SMILES string of the molecule is CCc1csc(NCC(C)(O)CN(C)C)n1. The molecule has 1 aromatic rings. The Bertz CT molecular complexity index is 323. The van der Waals surface area contributed by atoms with Crippen molar-refractivity contribution < 1.29 is 5.11 Å². The van der Waals surface area contributed by atoms with Gasteiger partial charge in [-0.3, -0.25) is 0 Å². The fourth-order valence-corrected chi connectivity index (χ4v) is 2.35. The molecule has 1 unspecified atom stereocenters. The van der Waals surface area contributed by atoms with Crippen molar-refractivity contribution in [1.82, 2.24) is 9.88 Å². The molecule has 0 amide bonds. The summed E-state index contributed by atoms with van der Waals surface area (Å²) < 4.78 is 0. The van der Waals surface area contributed by atoms with Crippen LogP contribution in [-0.4, -0.2) is 47.8 Å². The first-order valence-electron chi connectivity index (χ1n) is 5.48. The minimum absolute atomic E-state index is 0.516. The smallest absolute Gasteiger partial charge is 0.182 e. The van der Waals surface area contributed by atoms with Crippen molar-refractivity contribution in [2.24, 2.45) is 0 Å². The highest BCUT2D eigenvalue weighted by Gasteiger charge is 2.21. The molecule has 4 nitrogen and oxygen atoms in total. The van der Waals surface area contributed by atoms with Gasteiger partial charge in [0.15, 0.2) is 5.13 Å². The molecular formula is C11H21N3OS. The van der Waals surface area contributed by atoms with Gasteiger partial charge in [0.05, 0.1) is 11.3 Å². The number of rotatable bonds is 6. The molecule has 0 saturated heterocycles. The number of hydrogen-bond acceptors (Lipinski definition) is 5. The minimum Gasteiger partial charge on any atom is -0.387 e. The summed E-state index contributed by atoms with van der Waals surface area (Å²) in [5.74, 6) is 0. The fraction of sp³-hybridized carbons (Fsp3) is 0.727. The number of aromatic nitrogens is 1. The summed E-state index contributed by atoms with van der Waals surface area (Å²) in [7, 11) is 3.90. The van der Waals surface area contributed by atoms with Gasteiger partial charge in [0.2, 0.25) is 0 Å². The lowest BCUT2D eigenvalue weighted by molar-refractivity contribution is 0.0460. The molecule has 1 heterocycles. The first-order valence-corrected chi connectivity index (χ1v) is 6.36. The van der Waals surface area contributed by atoms with E-state index in [2.05, 4.69) is 17.2 Å². The second-order valence-electron chi connectivity index (χ2n) is 4.59. The summed E-state index contributed by atoms with van der Waals surface area (Å²) in [6.07, 6.45) is 0.951. The van der Waals surface area contributed by atoms with Crippen LogP contribution in [0.3, 0.4) is 0 Å². The number of likely N-dealkylation sites (N-methyl/N-ethyl adjacent to an activating group) is 1. The Balaban J connectivity index is 2.44. The monoisotopic (exact) mass is 243 g/mol. The molecule has 0 spiro atoms. The molecule has 0 aliphatic heterocycles. The predicted octanol–water partition coefficient (Wildman–Crippen LogP) is 1.43. The first-order chi connectivity index (χ1) is 7.43. The molecule has 2 N–H and O–H groups in total. The van der Waals surface area contributed by atoms with E-state index in [1.165, 1.54) is 0 Å². The molecule has 0 radical (unpaired) electrons. The van der Waals surface area contributed by atoms with Crippen molar-refractivity contribution in [3.8, 4) is 0 Å². The third-order valence-corrected chi connectivity index (χ3v) is 3.04. The summed E-state index contributed by atoms with van der Waals surface area (Å²) in [4.78, 5) is 6.37. The molecule has 16 heavy (non-hydrogen) atoms. The van der Waals surface area contributed by atoms with Gasteiger partial charge in [0.1, 0.15) is 0 Å². The topological polar surface area (TPSA) is 48.4 Å². The maximum Gasteiger partial charge on any atom is 0.182 e. The van der Waals surface area contributed by atoms with Crippen LogP contribution in [0.1, 0.15) is 19.5 Å². The standard InChI is InChI=1S/C11H21N3OS/c1-5-9-6-16-10(13-9)12-7-11(2,15)8-14(3)4/h6,15H,5,7-8H2,1-4H3,(H,12,13). The van der Waals surface area contributed by atoms with Gasteiger partial charge < -0.3 is 15.3 Å². The van der Waals surface area contributed by atoms with Crippen LogP contribution < -0.4 is 5.32 Å². The molecule has 0 aliphatic carbocycles. The van der Waals surface area contributed by atoms with Crippen LogP contribution in [0.25, 0.3) is 0 Å². The second-order valence-corrected chi connectivity index (χ2v) is 5.44. The van der Waals surface area contributed by atoms with Crippen LogP contribution in [0.2, 0.25) is 0 Å². The Morgan fingerprint density at radius 1 is 1.56 bits per heavy atom. The van der Waals surface area contributed by atoms with Crippen LogP contribution in [-0.2, 0) is 6.42 Å². The molecule has 0 saturated carbocycles. The van der Waals surface area contributed by atoms with E-state index < -0.39 is 5.60 Å². The zero-order valence-corrected chi connectivity index (χ0v) is 11.3. The predicted molar refractivity (Wildman–Crippen MR) is 69.2 cm³/mol. The summed E-state index contributed by atoms with van der Waals surface area (Å²) >= 11 is 1.59. The van der Waals surface area contributed by atoms with Gasteiger partial charge in [-0.25, -0.2) is 4.98 Å². The summed E-state index contributed by atoms with van der Waals surface area (Å²) in [5, 5.41) is 16.2. The van der Waals surface area contributed by atoms with Gasteiger partial charge in [-0.1, -0.05) is 6.92 Å². The molecule has 92 valence electrons. The molecule has 5 heteroatoms. The van der Waals surface area contributed by atoms with E-state index in [9.17, 15) is 5.11 Å². The minimum atomic E-state index is -0.735. The maximum absolute atomic E-state index is 10.1. The van der Waals surface area contributed by atoms with Crippen LogP contribution >= 0.6 is 11.3 Å². The van der Waals surface area contributed by atoms with Gasteiger partial charge in [-0.2, -0.15) is 0 Å².